The maximum Gasteiger partial charge on any atom is 0.525 e. The molecule has 0 amide bonds. The first-order valence-corrected chi connectivity index (χ1v) is 6.88. The lowest BCUT2D eigenvalue weighted by atomic mass is 9.85. The summed E-state index contributed by atoms with van der Waals surface area (Å²) < 4.78 is 27.0. The fourth-order valence-corrected chi connectivity index (χ4v) is 1.94. The highest BCUT2D eigenvalue weighted by molar-refractivity contribution is 6.53. The van der Waals surface area contributed by atoms with Crippen molar-refractivity contribution in [2.24, 2.45) is 0 Å². The van der Waals surface area contributed by atoms with Crippen molar-refractivity contribution < 1.29 is 23.6 Å². The van der Waals surface area contributed by atoms with Gasteiger partial charge in [0, 0.05) is 0 Å². The minimum atomic E-state index is -1.18. The Labute approximate surface area is 128 Å². The largest absolute Gasteiger partial charge is 0.525 e. The third kappa shape index (κ3) is 3.05. The van der Waals surface area contributed by atoms with Crippen molar-refractivity contribution in [3.05, 3.63) is 23.2 Å². The quantitative estimate of drug-likeness (QED) is 0.854. The third-order valence-electron chi connectivity index (χ3n) is 4.02. The highest BCUT2D eigenvalue weighted by Crippen LogP contribution is 2.39. The molecule has 7 nitrogen and oxygen atoms in total. The molecule has 1 aromatic rings. The molecule has 1 aliphatic heterocycles. The van der Waals surface area contributed by atoms with Gasteiger partial charge in [-0.3, -0.25) is 0 Å². The van der Waals surface area contributed by atoms with Gasteiger partial charge in [-0.15, -0.1) is 5.10 Å². The first-order valence-electron chi connectivity index (χ1n) is 6.88. The SMILES string of the molecule is CC(Cn1cc(C(=O)O)nn1)=C(F)B1OC(C)(C)C(C)(C)O1. The van der Waals surface area contributed by atoms with Crippen LogP contribution in [-0.4, -0.2) is 44.4 Å². The molecule has 1 aromatic heterocycles. The molecule has 2 heterocycles. The highest BCUT2D eigenvalue weighted by atomic mass is 19.1. The Morgan fingerprint density at radius 3 is 2.36 bits per heavy atom. The van der Waals surface area contributed by atoms with Crippen LogP contribution in [0.25, 0.3) is 0 Å². The third-order valence-corrected chi connectivity index (χ3v) is 4.02. The predicted molar refractivity (Wildman–Crippen MR) is 76.9 cm³/mol. The van der Waals surface area contributed by atoms with Crippen molar-refractivity contribution in [3.8, 4) is 0 Å². The Morgan fingerprint density at radius 2 is 1.91 bits per heavy atom. The smallest absolute Gasteiger partial charge is 0.476 e. The molecule has 0 bridgehead atoms. The van der Waals surface area contributed by atoms with E-state index in [1.54, 1.807) is 6.92 Å². The van der Waals surface area contributed by atoms with Crippen LogP contribution in [0.5, 0.6) is 0 Å². The molecule has 9 heteroatoms. The summed E-state index contributed by atoms with van der Waals surface area (Å²) in [5.41, 5.74) is -1.65. The second-order valence-corrected chi connectivity index (χ2v) is 6.32. The maximum atomic E-state index is 14.5. The molecular weight excluding hydrogens is 292 g/mol. The number of hydrogen-bond acceptors (Lipinski definition) is 5. The van der Waals surface area contributed by atoms with E-state index in [9.17, 15) is 9.18 Å². The van der Waals surface area contributed by atoms with Gasteiger partial charge in [0.2, 0.25) is 0 Å². The number of rotatable bonds is 4. The molecule has 120 valence electrons. The summed E-state index contributed by atoms with van der Waals surface area (Å²) in [5, 5.41) is 15.9. The van der Waals surface area contributed by atoms with Crippen molar-refractivity contribution >= 4 is 13.1 Å². The lowest BCUT2D eigenvalue weighted by Crippen LogP contribution is -2.41. The van der Waals surface area contributed by atoms with Crippen molar-refractivity contribution in [1.29, 1.82) is 0 Å². The molecule has 1 aliphatic rings. The van der Waals surface area contributed by atoms with Gasteiger partial charge >= 0.3 is 13.1 Å². The first kappa shape index (κ1) is 16.6. The zero-order valence-electron chi connectivity index (χ0n) is 13.3. The number of hydrogen-bond donors (Lipinski definition) is 1. The summed E-state index contributed by atoms with van der Waals surface area (Å²) >= 11 is 0. The first-order chi connectivity index (χ1) is 10.0. The zero-order chi connectivity index (χ0) is 16.7. The van der Waals surface area contributed by atoms with Gasteiger partial charge < -0.3 is 14.4 Å². The molecule has 2 rings (SSSR count). The van der Waals surface area contributed by atoms with Crippen molar-refractivity contribution in [3.63, 3.8) is 0 Å². The highest BCUT2D eigenvalue weighted by Gasteiger charge is 2.53. The molecule has 1 fully saturated rings. The average molecular weight is 311 g/mol. The molecule has 0 saturated carbocycles. The normalized spacial score (nSPS) is 20.9. The molecule has 1 saturated heterocycles. The Bertz CT molecular complexity index is 611. The van der Waals surface area contributed by atoms with Crippen molar-refractivity contribution in [2.45, 2.75) is 52.4 Å². The van der Waals surface area contributed by atoms with E-state index in [2.05, 4.69) is 10.3 Å². The number of aromatic nitrogens is 3. The second-order valence-electron chi connectivity index (χ2n) is 6.32. The summed E-state index contributed by atoms with van der Waals surface area (Å²) in [6.45, 7) is 9.00. The molecule has 0 aromatic carbocycles. The van der Waals surface area contributed by atoms with Crippen LogP contribution in [0.1, 0.15) is 45.1 Å². The van der Waals surface area contributed by atoms with Crippen LogP contribution >= 0.6 is 0 Å². The number of nitrogens with zero attached hydrogens (tertiary/aromatic N) is 3. The number of carboxylic acid groups (broad SMARTS) is 1. The molecule has 0 atom stereocenters. The molecule has 0 aliphatic carbocycles. The van der Waals surface area contributed by atoms with Crippen LogP contribution in [0.2, 0.25) is 0 Å². The van der Waals surface area contributed by atoms with E-state index in [0.717, 1.165) is 0 Å². The van der Waals surface area contributed by atoms with Crippen LogP contribution in [-0.2, 0) is 15.9 Å². The van der Waals surface area contributed by atoms with Gasteiger partial charge in [-0.25, -0.2) is 13.9 Å². The number of halogens is 1. The molecule has 0 unspecified atom stereocenters. The number of allylic oxidation sites excluding steroid dienone is 1. The Hall–Kier alpha value is -1.74. The number of carboxylic acids is 1. The van der Waals surface area contributed by atoms with Crippen LogP contribution in [0.3, 0.4) is 0 Å². The maximum absolute atomic E-state index is 14.5. The topological polar surface area (TPSA) is 86.5 Å². The summed E-state index contributed by atoms with van der Waals surface area (Å²) in [5.74, 6) is -1.18. The van der Waals surface area contributed by atoms with Gasteiger partial charge in [0.1, 0.15) is 5.73 Å². The van der Waals surface area contributed by atoms with E-state index >= 15 is 0 Å². The van der Waals surface area contributed by atoms with Crippen LogP contribution in [0.15, 0.2) is 17.5 Å². The van der Waals surface area contributed by atoms with E-state index < -0.39 is 30.0 Å². The summed E-state index contributed by atoms with van der Waals surface area (Å²) in [4.78, 5) is 10.7. The minimum Gasteiger partial charge on any atom is -0.476 e. The molecular formula is C13H19BFN3O4. The van der Waals surface area contributed by atoms with Gasteiger partial charge in [-0.05, 0) is 40.2 Å². The summed E-state index contributed by atoms with van der Waals surface area (Å²) in [6.07, 6.45) is 1.24. The van der Waals surface area contributed by atoms with Crippen LogP contribution < -0.4 is 0 Å². The Kier molecular flexibility index (Phi) is 4.14. The van der Waals surface area contributed by atoms with Crippen LogP contribution in [0.4, 0.5) is 4.39 Å². The second kappa shape index (κ2) is 5.47. The lowest BCUT2D eigenvalue weighted by molar-refractivity contribution is 0.00578. The van der Waals surface area contributed by atoms with E-state index in [4.69, 9.17) is 14.4 Å². The average Bonchev–Trinajstić information content (AvgIpc) is 2.92. The van der Waals surface area contributed by atoms with Gasteiger partial charge in [0.05, 0.1) is 23.9 Å². The fourth-order valence-electron chi connectivity index (χ4n) is 1.94. The van der Waals surface area contributed by atoms with E-state index in [0.29, 0.717) is 5.57 Å². The standard InChI is InChI=1S/C13H19BFN3O4/c1-8(6-18-7-9(11(19)20)16-17-18)10(15)14-21-12(2,3)13(4,5)22-14/h7H,6H2,1-5H3,(H,19,20). The Morgan fingerprint density at radius 1 is 1.36 bits per heavy atom. The number of aromatic carboxylic acids is 1. The van der Waals surface area contributed by atoms with E-state index in [1.165, 1.54) is 10.9 Å². The van der Waals surface area contributed by atoms with Crippen LogP contribution in [0, 0.1) is 0 Å². The summed E-state index contributed by atoms with van der Waals surface area (Å²) in [7, 11) is -1.08. The predicted octanol–water partition coefficient (Wildman–Crippen LogP) is 1.85. The van der Waals surface area contributed by atoms with Crippen molar-refractivity contribution in [2.75, 3.05) is 0 Å². The molecule has 22 heavy (non-hydrogen) atoms. The molecule has 0 spiro atoms. The monoisotopic (exact) mass is 311 g/mol. The molecule has 0 radical (unpaired) electrons. The van der Waals surface area contributed by atoms with Gasteiger partial charge in [-0.2, -0.15) is 0 Å². The molecule has 1 N–H and O–H groups in total. The summed E-state index contributed by atoms with van der Waals surface area (Å²) in [6, 6.07) is 0. The Balaban J connectivity index is 2.14. The van der Waals surface area contributed by atoms with E-state index in [-0.39, 0.29) is 12.2 Å². The lowest BCUT2D eigenvalue weighted by Gasteiger charge is -2.32. The van der Waals surface area contributed by atoms with Crippen molar-refractivity contribution in [1.82, 2.24) is 15.0 Å². The van der Waals surface area contributed by atoms with Gasteiger partial charge in [0.15, 0.2) is 5.69 Å². The fraction of sp³-hybridized carbons (Fsp3) is 0.615. The van der Waals surface area contributed by atoms with E-state index in [1.807, 2.05) is 27.7 Å². The van der Waals surface area contributed by atoms with Gasteiger partial charge in [0.25, 0.3) is 0 Å². The minimum absolute atomic E-state index is 0.0657. The number of carbonyl (C=O) groups is 1. The van der Waals surface area contributed by atoms with Gasteiger partial charge in [-0.1, -0.05) is 5.21 Å². The zero-order valence-corrected chi connectivity index (χ0v) is 13.3.